The average Bonchev–Trinajstić information content (AvgIpc) is 2.82. The number of β-amino-alcohol motifs (C(OH)–C–C–N with tert-alkyl or cyclic N) is 1. The summed E-state index contributed by atoms with van der Waals surface area (Å²) in [6.45, 7) is 12.3. The molecule has 3 rings (SSSR count). The topological polar surface area (TPSA) is 74.7 Å². The lowest BCUT2D eigenvalue weighted by Gasteiger charge is -2.46. The Morgan fingerprint density at radius 2 is 1.86 bits per heavy atom. The summed E-state index contributed by atoms with van der Waals surface area (Å²) >= 11 is 0. The van der Waals surface area contributed by atoms with Crippen LogP contribution in [0.5, 0.6) is 5.75 Å². The molecule has 1 fully saturated rings. The number of allylic oxidation sites excluding steroid dienone is 3. The van der Waals surface area contributed by atoms with Gasteiger partial charge in [-0.25, -0.2) is 4.98 Å². The van der Waals surface area contributed by atoms with Gasteiger partial charge in [0.15, 0.2) is 5.78 Å². The predicted octanol–water partition coefficient (Wildman–Crippen LogP) is 7.04. The lowest BCUT2D eigenvalue weighted by Crippen LogP contribution is -2.60. The van der Waals surface area contributed by atoms with Gasteiger partial charge in [-0.2, -0.15) is 0 Å². The van der Waals surface area contributed by atoms with Crippen molar-refractivity contribution in [2.45, 2.75) is 65.3 Å². The number of alkyl halides is 3. The van der Waals surface area contributed by atoms with Gasteiger partial charge < -0.3 is 20.1 Å². The summed E-state index contributed by atoms with van der Waals surface area (Å²) in [4.78, 5) is 16.9. The summed E-state index contributed by atoms with van der Waals surface area (Å²) < 4.78 is 41.1. The van der Waals surface area contributed by atoms with Crippen LogP contribution in [0, 0.1) is 0 Å². The summed E-state index contributed by atoms with van der Waals surface area (Å²) in [6, 6.07) is 7.48. The summed E-state index contributed by atoms with van der Waals surface area (Å²) in [5, 5.41) is 13.4. The second-order valence-corrected chi connectivity index (χ2v) is 9.02. The van der Waals surface area contributed by atoms with Crippen LogP contribution in [0.25, 0.3) is 5.57 Å². The minimum absolute atomic E-state index is 0.141. The average molecular weight is 520 g/mol. The van der Waals surface area contributed by atoms with E-state index in [1.54, 1.807) is 13.1 Å². The molecular weight excluding hydrogens is 483 g/mol. The van der Waals surface area contributed by atoms with Crippen LogP contribution < -0.4 is 15.0 Å². The van der Waals surface area contributed by atoms with Gasteiger partial charge in [-0.05, 0) is 68.2 Å². The third kappa shape index (κ3) is 9.24. The SMILES string of the molecule is C=CC(=O)CCC.CC/C=C(\CC)c1c(N2CC(C)(O)C2)ccnc1Nc1ccc(OC(F)(F)F)cc1. The second kappa shape index (κ2) is 13.3. The number of anilines is 3. The van der Waals surface area contributed by atoms with Gasteiger partial charge >= 0.3 is 6.36 Å². The predicted molar refractivity (Wildman–Crippen MR) is 142 cm³/mol. The van der Waals surface area contributed by atoms with Gasteiger partial charge in [0.05, 0.1) is 5.60 Å². The first-order chi connectivity index (χ1) is 17.4. The minimum Gasteiger partial charge on any atom is -0.406 e. The van der Waals surface area contributed by atoms with Crippen molar-refractivity contribution in [1.29, 1.82) is 0 Å². The van der Waals surface area contributed by atoms with Crippen LogP contribution in [-0.4, -0.2) is 40.9 Å². The Bertz CT molecular complexity index is 1070. The molecular formula is C28H36F3N3O3. The van der Waals surface area contributed by atoms with Crippen LogP contribution in [0.15, 0.2) is 55.3 Å². The Kier molecular flexibility index (Phi) is 10.7. The molecule has 0 atom stereocenters. The molecule has 1 aromatic heterocycles. The Morgan fingerprint density at radius 3 is 2.32 bits per heavy atom. The molecule has 0 radical (unpaired) electrons. The van der Waals surface area contributed by atoms with Gasteiger partial charge in [-0.15, -0.1) is 13.2 Å². The summed E-state index contributed by atoms with van der Waals surface area (Å²) in [6.07, 6.45) is 3.69. The fourth-order valence-corrected chi connectivity index (χ4v) is 3.97. The van der Waals surface area contributed by atoms with E-state index in [4.69, 9.17) is 0 Å². The highest BCUT2D eigenvalue weighted by Gasteiger charge is 2.38. The van der Waals surface area contributed by atoms with E-state index in [0.29, 0.717) is 31.0 Å². The molecule has 0 aliphatic carbocycles. The van der Waals surface area contributed by atoms with Crippen molar-refractivity contribution in [3.8, 4) is 5.75 Å². The van der Waals surface area contributed by atoms with E-state index in [0.717, 1.165) is 36.1 Å². The van der Waals surface area contributed by atoms with Crippen molar-refractivity contribution in [3.63, 3.8) is 0 Å². The summed E-state index contributed by atoms with van der Waals surface area (Å²) in [5.41, 5.74) is 2.90. The normalized spacial score (nSPS) is 14.7. The first-order valence-electron chi connectivity index (χ1n) is 12.4. The number of pyridine rings is 1. The smallest absolute Gasteiger partial charge is 0.406 e. The van der Waals surface area contributed by atoms with Crippen LogP contribution in [0.4, 0.5) is 30.4 Å². The van der Waals surface area contributed by atoms with Gasteiger partial charge in [0.25, 0.3) is 0 Å². The van der Waals surface area contributed by atoms with E-state index in [9.17, 15) is 23.1 Å². The van der Waals surface area contributed by atoms with E-state index in [2.05, 4.69) is 46.4 Å². The molecule has 37 heavy (non-hydrogen) atoms. The molecule has 0 unspecified atom stereocenters. The molecule has 0 saturated carbocycles. The van der Waals surface area contributed by atoms with E-state index >= 15 is 0 Å². The molecule has 1 saturated heterocycles. The van der Waals surface area contributed by atoms with Gasteiger partial charge in [-0.3, -0.25) is 4.79 Å². The van der Waals surface area contributed by atoms with Crippen molar-refractivity contribution < 1.29 is 27.8 Å². The number of rotatable bonds is 10. The largest absolute Gasteiger partial charge is 0.573 e. The lowest BCUT2D eigenvalue weighted by atomic mass is 9.93. The summed E-state index contributed by atoms with van der Waals surface area (Å²) in [7, 11) is 0. The molecule has 2 aromatic rings. The minimum atomic E-state index is -4.72. The molecule has 202 valence electrons. The molecule has 0 amide bonds. The van der Waals surface area contributed by atoms with Gasteiger partial charge in [0.1, 0.15) is 11.6 Å². The Balaban J connectivity index is 0.000000604. The Hall–Kier alpha value is -3.33. The zero-order valence-corrected chi connectivity index (χ0v) is 21.9. The number of carbonyl (C=O) groups is 1. The van der Waals surface area contributed by atoms with Gasteiger partial charge in [-0.1, -0.05) is 33.4 Å². The van der Waals surface area contributed by atoms with Crippen molar-refractivity contribution >= 4 is 28.5 Å². The molecule has 1 aliphatic rings. The molecule has 2 heterocycles. The van der Waals surface area contributed by atoms with Crippen LogP contribution in [0.3, 0.4) is 0 Å². The number of hydrogen-bond donors (Lipinski definition) is 2. The molecule has 6 nitrogen and oxygen atoms in total. The third-order valence-electron chi connectivity index (χ3n) is 5.56. The van der Waals surface area contributed by atoms with E-state index in [-0.39, 0.29) is 11.5 Å². The van der Waals surface area contributed by atoms with Crippen molar-refractivity contribution in [3.05, 3.63) is 60.8 Å². The monoisotopic (exact) mass is 519 g/mol. The van der Waals surface area contributed by atoms with E-state index in [1.807, 2.05) is 13.0 Å². The van der Waals surface area contributed by atoms with Crippen LogP contribution in [0.2, 0.25) is 0 Å². The number of benzene rings is 1. The first-order valence-corrected chi connectivity index (χ1v) is 12.4. The summed E-state index contributed by atoms with van der Waals surface area (Å²) in [5.74, 6) is 0.477. The third-order valence-corrected chi connectivity index (χ3v) is 5.56. The van der Waals surface area contributed by atoms with Crippen molar-refractivity contribution in [2.75, 3.05) is 23.3 Å². The molecule has 0 bridgehead atoms. The van der Waals surface area contributed by atoms with Gasteiger partial charge in [0, 0.05) is 42.6 Å². The molecule has 0 spiro atoms. The standard InChI is InChI=1S/C22H26F3N3O2.C6H10O/c1-4-6-15(5-2)19-18(28-13-21(3,29)14-28)11-12-26-20(19)27-16-7-9-17(10-8-16)30-22(23,24)25;1-3-5-6(7)4-2/h6-12,29H,4-5,13-14H2,1-3H3,(H,26,27);4H,2-3,5H2,1H3/b15-6+;. The van der Waals surface area contributed by atoms with E-state index in [1.165, 1.54) is 30.3 Å². The Morgan fingerprint density at radius 1 is 1.22 bits per heavy atom. The van der Waals surface area contributed by atoms with Crippen LogP contribution in [-0.2, 0) is 4.79 Å². The molecule has 1 aliphatic heterocycles. The number of hydrogen-bond acceptors (Lipinski definition) is 6. The van der Waals surface area contributed by atoms with Crippen LogP contribution in [0.1, 0.15) is 58.9 Å². The highest BCUT2D eigenvalue weighted by molar-refractivity contribution is 5.89. The fraction of sp³-hybridized carbons (Fsp3) is 0.429. The number of carbonyl (C=O) groups excluding carboxylic acids is 1. The number of aromatic nitrogens is 1. The zero-order chi connectivity index (χ0) is 27.6. The van der Waals surface area contributed by atoms with Crippen LogP contribution >= 0.6 is 0 Å². The highest BCUT2D eigenvalue weighted by Crippen LogP contribution is 2.39. The maximum atomic E-state index is 12.4. The zero-order valence-electron chi connectivity index (χ0n) is 21.9. The quantitative estimate of drug-likeness (QED) is 0.328. The molecule has 1 aromatic carbocycles. The Labute approximate surface area is 216 Å². The van der Waals surface area contributed by atoms with Gasteiger partial charge in [0.2, 0.25) is 0 Å². The number of ketones is 1. The number of halogens is 3. The molecule has 9 heteroatoms. The number of nitrogens with one attached hydrogen (secondary N) is 1. The fourth-order valence-electron chi connectivity index (χ4n) is 3.97. The highest BCUT2D eigenvalue weighted by atomic mass is 19.4. The maximum Gasteiger partial charge on any atom is 0.573 e. The number of ether oxygens (including phenoxy) is 1. The number of aliphatic hydroxyl groups is 1. The first kappa shape index (κ1) is 29.9. The maximum absolute atomic E-state index is 12.4. The van der Waals surface area contributed by atoms with Crippen molar-refractivity contribution in [2.24, 2.45) is 0 Å². The van der Waals surface area contributed by atoms with E-state index < -0.39 is 12.0 Å². The lowest BCUT2D eigenvalue weighted by molar-refractivity contribution is -0.274. The second-order valence-electron chi connectivity index (χ2n) is 9.02. The molecule has 2 N–H and O–H groups in total. The van der Waals surface area contributed by atoms with Crippen molar-refractivity contribution in [1.82, 2.24) is 4.98 Å². The number of nitrogens with zero attached hydrogens (tertiary/aromatic N) is 2.